The van der Waals surface area contributed by atoms with Crippen LogP contribution in [0, 0.1) is 6.92 Å². The molecule has 0 aliphatic rings. The normalized spacial score (nSPS) is 10.8. The largest absolute Gasteiger partial charge is 0.508 e. The lowest BCUT2D eigenvalue weighted by Crippen LogP contribution is -2.24. The van der Waals surface area contributed by atoms with Gasteiger partial charge in [0.2, 0.25) is 0 Å². The SMILES string of the molecule is Cc1cnccc1N(C)n1ccc2cc(O)ccc21. The first-order valence-corrected chi connectivity index (χ1v) is 6.11. The zero-order valence-electron chi connectivity index (χ0n) is 10.9. The van der Waals surface area contributed by atoms with Crippen LogP contribution in [0.1, 0.15) is 5.56 Å². The molecule has 0 bridgehead atoms. The maximum Gasteiger partial charge on any atom is 0.116 e. The van der Waals surface area contributed by atoms with Crippen molar-refractivity contribution in [1.29, 1.82) is 0 Å². The number of aromatic nitrogens is 2. The van der Waals surface area contributed by atoms with Gasteiger partial charge >= 0.3 is 0 Å². The second kappa shape index (κ2) is 4.31. The Kier molecular flexibility index (Phi) is 2.63. The van der Waals surface area contributed by atoms with E-state index < -0.39 is 0 Å². The quantitative estimate of drug-likeness (QED) is 0.763. The van der Waals surface area contributed by atoms with Crippen LogP contribution in [-0.2, 0) is 0 Å². The van der Waals surface area contributed by atoms with Gasteiger partial charge in [0.05, 0.1) is 11.2 Å². The van der Waals surface area contributed by atoms with Crippen LogP contribution >= 0.6 is 0 Å². The van der Waals surface area contributed by atoms with Crippen molar-refractivity contribution in [3.05, 3.63) is 54.5 Å². The van der Waals surface area contributed by atoms with E-state index in [2.05, 4.69) is 14.7 Å². The number of pyridine rings is 1. The summed E-state index contributed by atoms with van der Waals surface area (Å²) in [5.41, 5.74) is 3.27. The van der Waals surface area contributed by atoms with Gasteiger partial charge in [0.15, 0.2) is 0 Å². The minimum absolute atomic E-state index is 0.285. The number of anilines is 1. The maximum absolute atomic E-state index is 9.51. The predicted octanol–water partition coefficient (Wildman–Crippen LogP) is 2.95. The van der Waals surface area contributed by atoms with Gasteiger partial charge in [0.1, 0.15) is 5.75 Å². The van der Waals surface area contributed by atoms with Crippen LogP contribution in [0.3, 0.4) is 0 Å². The lowest BCUT2D eigenvalue weighted by Gasteiger charge is -2.23. The third-order valence-electron chi connectivity index (χ3n) is 3.32. The van der Waals surface area contributed by atoms with Crippen molar-refractivity contribution in [2.45, 2.75) is 6.92 Å². The topological polar surface area (TPSA) is 41.3 Å². The lowest BCUT2D eigenvalue weighted by molar-refractivity contribution is 0.476. The van der Waals surface area contributed by atoms with Gasteiger partial charge in [0, 0.05) is 31.0 Å². The van der Waals surface area contributed by atoms with Crippen molar-refractivity contribution >= 4 is 16.6 Å². The minimum Gasteiger partial charge on any atom is -0.508 e. The van der Waals surface area contributed by atoms with Crippen molar-refractivity contribution in [1.82, 2.24) is 9.66 Å². The molecule has 0 amide bonds. The first kappa shape index (κ1) is 11.6. The molecule has 0 saturated carbocycles. The van der Waals surface area contributed by atoms with Crippen LogP contribution < -0.4 is 5.01 Å². The number of benzene rings is 1. The van der Waals surface area contributed by atoms with E-state index in [-0.39, 0.29) is 5.75 Å². The highest BCUT2D eigenvalue weighted by atomic mass is 16.3. The average molecular weight is 253 g/mol. The number of aromatic hydroxyl groups is 1. The maximum atomic E-state index is 9.51. The molecule has 0 aliphatic heterocycles. The highest BCUT2D eigenvalue weighted by Gasteiger charge is 2.09. The van der Waals surface area contributed by atoms with Crippen molar-refractivity contribution in [2.24, 2.45) is 0 Å². The van der Waals surface area contributed by atoms with E-state index in [9.17, 15) is 5.11 Å². The van der Waals surface area contributed by atoms with E-state index in [1.54, 1.807) is 18.3 Å². The summed E-state index contributed by atoms with van der Waals surface area (Å²) >= 11 is 0. The van der Waals surface area contributed by atoms with Gasteiger partial charge < -0.3 is 5.11 Å². The molecule has 1 N–H and O–H groups in total. The second-order valence-corrected chi connectivity index (χ2v) is 4.59. The van der Waals surface area contributed by atoms with E-state index >= 15 is 0 Å². The number of hydrogen-bond donors (Lipinski definition) is 1. The molecule has 3 aromatic rings. The molecule has 3 rings (SSSR count). The molecule has 0 fully saturated rings. The zero-order valence-corrected chi connectivity index (χ0v) is 10.9. The first-order chi connectivity index (χ1) is 9.16. The van der Waals surface area contributed by atoms with Crippen LogP contribution in [-0.4, -0.2) is 21.8 Å². The van der Waals surface area contributed by atoms with E-state index in [1.165, 1.54) is 0 Å². The van der Waals surface area contributed by atoms with E-state index in [1.807, 2.05) is 44.6 Å². The summed E-state index contributed by atoms with van der Waals surface area (Å²) in [6, 6.07) is 9.35. The Morgan fingerprint density at radius 2 is 2.05 bits per heavy atom. The molecule has 0 spiro atoms. The van der Waals surface area contributed by atoms with Crippen LogP contribution in [0.15, 0.2) is 48.9 Å². The van der Waals surface area contributed by atoms with E-state index in [4.69, 9.17) is 0 Å². The van der Waals surface area contributed by atoms with Crippen LogP contribution in [0.2, 0.25) is 0 Å². The van der Waals surface area contributed by atoms with E-state index in [0.717, 1.165) is 22.2 Å². The second-order valence-electron chi connectivity index (χ2n) is 4.59. The summed E-state index contributed by atoms with van der Waals surface area (Å²) < 4.78 is 2.05. The van der Waals surface area contributed by atoms with E-state index in [0.29, 0.717) is 0 Å². The molecule has 2 heterocycles. The smallest absolute Gasteiger partial charge is 0.116 e. The van der Waals surface area contributed by atoms with Crippen molar-refractivity contribution in [3.8, 4) is 5.75 Å². The Bertz CT molecular complexity index is 733. The molecule has 19 heavy (non-hydrogen) atoms. The molecular formula is C15H15N3O. The molecule has 2 aromatic heterocycles. The standard InChI is InChI=1S/C15H15N3O/c1-11-10-16-7-5-14(11)17(2)18-8-6-12-9-13(19)3-4-15(12)18/h3-10,19H,1-2H3. The van der Waals surface area contributed by atoms with Crippen LogP contribution in [0.25, 0.3) is 10.9 Å². The molecule has 1 aromatic carbocycles. The molecule has 4 nitrogen and oxygen atoms in total. The van der Waals surface area contributed by atoms with Crippen molar-refractivity contribution < 1.29 is 5.11 Å². The zero-order chi connectivity index (χ0) is 13.4. The highest BCUT2D eigenvalue weighted by molar-refractivity contribution is 5.82. The number of nitrogens with zero attached hydrogens (tertiary/aromatic N) is 3. The number of rotatable bonds is 2. The number of phenolic OH excluding ortho intramolecular Hbond substituents is 1. The van der Waals surface area contributed by atoms with Gasteiger partial charge in [0.25, 0.3) is 0 Å². The monoisotopic (exact) mass is 253 g/mol. The summed E-state index contributed by atoms with van der Waals surface area (Å²) in [4.78, 5) is 4.11. The Morgan fingerprint density at radius 3 is 2.84 bits per heavy atom. The van der Waals surface area contributed by atoms with Crippen molar-refractivity contribution in [3.63, 3.8) is 0 Å². The van der Waals surface area contributed by atoms with Gasteiger partial charge in [-0.3, -0.25) is 14.7 Å². The number of hydrogen-bond acceptors (Lipinski definition) is 3. The summed E-state index contributed by atoms with van der Waals surface area (Å²) in [6.45, 7) is 2.04. The fraction of sp³-hybridized carbons (Fsp3) is 0.133. The van der Waals surface area contributed by atoms with Gasteiger partial charge in [-0.05, 0) is 42.8 Å². The summed E-state index contributed by atoms with van der Waals surface area (Å²) in [5.74, 6) is 0.285. The number of fused-ring (bicyclic) bond motifs is 1. The predicted molar refractivity (Wildman–Crippen MR) is 76.4 cm³/mol. The fourth-order valence-corrected chi connectivity index (χ4v) is 2.32. The Morgan fingerprint density at radius 1 is 1.21 bits per heavy atom. The lowest BCUT2D eigenvalue weighted by atomic mass is 10.2. The summed E-state index contributed by atoms with van der Waals surface area (Å²) in [5, 5.41) is 12.6. The summed E-state index contributed by atoms with van der Waals surface area (Å²) in [7, 11) is 2.01. The van der Waals surface area contributed by atoms with Gasteiger partial charge in [-0.1, -0.05) is 0 Å². The molecule has 4 heteroatoms. The Balaban J connectivity index is 2.12. The molecule has 0 aliphatic carbocycles. The average Bonchev–Trinajstić information content (AvgIpc) is 2.81. The van der Waals surface area contributed by atoms with Gasteiger partial charge in [-0.2, -0.15) is 0 Å². The molecule has 0 radical (unpaired) electrons. The first-order valence-electron chi connectivity index (χ1n) is 6.11. The minimum atomic E-state index is 0.285. The Labute approximate surface area is 111 Å². The van der Waals surface area contributed by atoms with Gasteiger partial charge in [-0.15, -0.1) is 0 Å². The third-order valence-corrected chi connectivity index (χ3v) is 3.32. The number of aryl methyl sites for hydroxylation is 1. The van der Waals surface area contributed by atoms with Crippen molar-refractivity contribution in [2.75, 3.05) is 12.1 Å². The molecular weight excluding hydrogens is 238 g/mol. The molecule has 0 saturated heterocycles. The molecule has 0 unspecified atom stereocenters. The molecule has 0 atom stereocenters. The Hall–Kier alpha value is -2.49. The summed E-state index contributed by atoms with van der Waals surface area (Å²) in [6.07, 6.45) is 5.63. The fourth-order valence-electron chi connectivity index (χ4n) is 2.32. The van der Waals surface area contributed by atoms with Gasteiger partial charge in [-0.25, -0.2) is 0 Å². The number of phenols is 1. The molecule has 96 valence electrons. The highest BCUT2D eigenvalue weighted by Crippen LogP contribution is 2.24. The third kappa shape index (κ3) is 1.91. The van der Waals surface area contributed by atoms with Crippen LogP contribution in [0.4, 0.5) is 5.69 Å². The van der Waals surface area contributed by atoms with Crippen LogP contribution in [0.5, 0.6) is 5.75 Å².